The van der Waals surface area contributed by atoms with Crippen LogP contribution >= 0.6 is 0 Å². The molecule has 0 bridgehead atoms. The number of hydrogen-bond acceptors (Lipinski definition) is 6. The Morgan fingerprint density at radius 3 is 2.36 bits per heavy atom. The van der Waals surface area contributed by atoms with Crippen molar-refractivity contribution < 1.29 is 22.0 Å². The Kier molecular flexibility index (Phi) is 8.53. The summed E-state index contributed by atoms with van der Waals surface area (Å²) in [5, 5.41) is 18.4. The second-order valence-electron chi connectivity index (χ2n) is 11.0. The van der Waals surface area contributed by atoms with Gasteiger partial charge in [0.25, 0.3) is 0 Å². The van der Waals surface area contributed by atoms with Crippen LogP contribution in [0.25, 0.3) is 0 Å². The van der Waals surface area contributed by atoms with Crippen LogP contribution in [0.1, 0.15) is 68.2 Å². The second kappa shape index (κ2) is 12.1. The highest BCUT2D eigenvalue weighted by molar-refractivity contribution is 7.93. The van der Waals surface area contributed by atoms with E-state index in [9.17, 15) is 32.5 Å². The lowest BCUT2D eigenvalue weighted by Crippen LogP contribution is -2.59. The average molecular weight is 592 g/mol. The molecule has 1 aromatic carbocycles. The van der Waals surface area contributed by atoms with Gasteiger partial charge in [0.1, 0.15) is 12.1 Å². The molecule has 1 amide bonds. The van der Waals surface area contributed by atoms with Crippen molar-refractivity contribution in [2.75, 3.05) is 11.4 Å². The molecule has 2 aliphatic carbocycles. The first-order valence-corrected chi connectivity index (χ1v) is 15.5. The Balaban J connectivity index is 1.42. The van der Waals surface area contributed by atoms with Gasteiger partial charge in [-0.3, -0.25) is 9.78 Å². The Morgan fingerprint density at radius 1 is 1.07 bits per heavy atom. The van der Waals surface area contributed by atoms with Gasteiger partial charge >= 0.3 is 0 Å². The molecule has 1 saturated carbocycles. The average Bonchev–Trinajstić information content (AvgIpc) is 2.98. The van der Waals surface area contributed by atoms with Crippen molar-refractivity contribution >= 4 is 21.6 Å². The molecular formula is C31H31F2N5O3S. The lowest BCUT2D eigenvalue weighted by molar-refractivity contribution is -0.125. The van der Waals surface area contributed by atoms with Crippen LogP contribution in [-0.4, -0.2) is 42.4 Å². The first-order valence-electron chi connectivity index (χ1n) is 14.1. The summed E-state index contributed by atoms with van der Waals surface area (Å²) in [7, 11) is -4.39. The summed E-state index contributed by atoms with van der Waals surface area (Å²) in [5.41, 5.74) is 1.97. The summed E-state index contributed by atoms with van der Waals surface area (Å²) in [6.07, 6.45) is 6.54. The van der Waals surface area contributed by atoms with E-state index in [0.717, 1.165) is 28.8 Å². The van der Waals surface area contributed by atoms with E-state index in [4.69, 9.17) is 0 Å². The summed E-state index contributed by atoms with van der Waals surface area (Å²) in [6, 6.07) is 12.8. The van der Waals surface area contributed by atoms with Crippen LogP contribution in [0.4, 0.5) is 14.5 Å². The van der Waals surface area contributed by atoms with Crippen LogP contribution in [0.5, 0.6) is 0 Å². The number of alkyl halides is 1. The topological polar surface area (TPSA) is 118 Å². The minimum atomic E-state index is -4.39. The van der Waals surface area contributed by atoms with Crippen LogP contribution in [-0.2, 0) is 21.4 Å². The zero-order valence-corrected chi connectivity index (χ0v) is 24.0. The van der Waals surface area contributed by atoms with Crippen molar-refractivity contribution in [1.82, 2.24) is 9.29 Å². The predicted octanol–water partition coefficient (Wildman–Crippen LogP) is 5.56. The summed E-state index contributed by atoms with van der Waals surface area (Å²) in [4.78, 5) is 19.6. The smallest absolute Gasteiger partial charge is 0.245 e. The first-order chi connectivity index (χ1) is 20.1. The molecule has 0 N–H and O–H groups in total. The van der Waals surface area contributed by atoms with E-state index in [0.29, 0.717) is 22.9 Å². The Bertz CT molecular complexity index is 1600. The lowest BCUT2D eigenvalue weighted by atomic mass is 9.85. The fourth-order valence-electron chi connectivity index (χ4n) is 5.84. The number of halogens is 2. The fourth-order valence-corrected chi connectivity index (χ4v) is 7.85. The Labute approximate surface area is 244 Å². The fraction of sp³-hybridized carbons (Fsp3) is 0.419. The van der Waals surface area contributed by atoms with E-state index >= 15 is 0 Å². The van der Waals surface area contributed by atoms with Gasteiger partial charge in [-0.1, -0.05) is 32.3 Å². The highest BCUT2D eigenvalue weighted by atomic mass is 32.2. The van der Waals surface area contributed by atoms with Crippen LogP contribution < -0.4 is 4.90 Å². The van der Waals surface area contributed by atoms with E-state index < -0.39 is 50.4 Å². The normalized spacial score (nSPS) is 23.4. The summed E-state index contributed by atoms with van der Waals surface area (Å²) < 4.78 is 57.0. The van der Waals surface area contributed by atoms with Gasteiger partial charge in [0.2, 0.25) is 15.9 Å². The molecule has 1 saturated heterocycles. The summed E-state index contributed by atoms with van der Waals surface area (Å²) >= 11 is 0. The SMILES string of the molecule is CC1C(S(=O)(=O)N2CC[C@@H]2C(=O)N(Cc2ccc(C3CCCCC3)cn2)c2ccc(C#N)cc2)=CC(C#N)=C(F)C1F. The lowest BCUT2D eigenvalue weighted by Gasteiger charge is -2.42. The van der Waals surface area contributed by atoms with Gasteiger partial charge in [0.15, 0.2) is 12.0 Å². The molecule has 1 aromatic heterocycles. The van der Waals surface area contributed by atoms with E-state index in [1.165, 1.54) is 37.2 Å². The first kappa shape index (κ1) is 29.6. The van der Waals surface area contributed by atoms with Crippen LogP contribution in [0.15, 0.2) is 65.0 Å². The van der Waals surface area contributed by atoms with Crippen molar-refractivity contribution in [2.45, 2.75) is 70.1 Å². The van der Waals surface area contributed by atoms with Gasteiger partial charge < -0.3 is 4.90 Å². The summed E-state index contributed by atoms with van der Waals surface area (Å²) in [6.45, 7) is 1.33. The number of benzene rings is 1. The van der Waals surface area contributed by atoms with Crippen molar-refractivity contribution in [1.29, 1.82) is 10.5 Å². The van der Waals surface area contributed by atoms with E-state index in [1.807, 2.05) is 24.4 Å². The number of nitrogens with zero attached hydrogens (tertiary/aromatic N) is 5. The zero-order chi connectivity index (χ0) is 30.0. The quantitative estimate of drug-likeness (QED) is 0.416. The van der Waals surface area contributed by atoms with Crippen LogP contribution in [0.2, 0.25) is 0 Å². The number of allylic oxidation sites excluding steroid dienone is 4. The number of pyridine rings is 1. The van der Waals surface area contributed by atoms with Crippen LogP contribution in [0.3, 0.4) is 0 Å². The van der Waals surface area contributed by atoms with Crippen LogP contribution in [0, 0.1) is 28.6 Å². The largest absolute Gasteiger partial charge is 0.305 e. The molecule has 0 spiro atoms. The zero-order valence-electron chi connectivity index (χ0n) is 23.2. The van der Waals surface area contributed by atoms with Gasteiger partial charge in [0, 0.05) is 24.3 Å². The molecule has 2 aromatic rings. The van der Waals surface area contributed by atoms with Gasteiger partial charge in [-0.15, -0.1) is 0 Å². The molecule has 1 aliphatic heterocycles. The molecular weight excluding hydrogens is 560 g/mol. The molecule has 2 fully saturated rings. The maximum Gasteiger partial charge on any atom is 0.245 e. The molecule has 2 unspecified atom stereocenters. The maximum atomic E-state index is 14.6. The number of anilines is 1. The third-order valence-corrected chi connectivity index (χ3v) is 10.6. The molecule has 5 rings (SSSR count). The predicted molar refractivity (Wildman–Crippen MR) is 152 cm³/mol. The van der Waals surface area contributed by atoms with E-state index in [1.54, 1.807) is 24.3 Å². The van der Waals surface area contributed by atoms with Crippen molar-refractivity contribution in [3.8, 4) is 12.1 Å². The molecule has 3 atom stereocenters. The molecule has 8 nitrogen and oxygen atoms in total. The van der Waals surface area contributed by atoms with E-state index in [-0.39, 0.29) is 19.5 Å². The van der Waals surface area contributed by atoms with Gasteiger partial charge in [-0.05, 0) is 67.2 Å². The third kappa shape index (κ3) is 5.59. The monoisotopic (exact) mass is 591 g/mol. The van der Waals surface area contributed by atoms with Crippen molar-refractivity contribution in [2.24, 2.45) is 5.92 Å². The molecule has 11 heteroatoms. The standard InChI is InChI=1S/C31H31F2N5O3S/c1-20-28(15-24(17-35)30(33)29(20)32)42(40,41)38-14-13-27(38)31(39)37(26-11-7-21(16-34)8-12-26)19-25-10-9-23(18-36-25)22-5-3-2-4-6-22/h7-12,15,18,20,22,27,29H,2-6,13-14,19H2,1H3/t20?,27-,29?/m1/s1. The molecule has 218 valence electrons. The number of aromatic nitrogens is 1. The van der Waals surface area contributed by atoms with Gasteiger partial charge in [0.05, 0.1) is 34.3 Å². The molecule has 2 heterocycles. The number of amides is 1. The Morgan fingerprint density at radius 2 is 1.79 bits per heavy atom. The number of rotatable bonds is 7. The highest BCUT2D eigenvalue weighted by Crippen LogP contribution is 2.39. The number of carbonyl (C=O) groups is 1. The minimum Gasteiger partial charge on any atom is -0.305 e. The number of carbonyl (C=O) groups excluding carboxylic acids is 1. The van der Waals surface area contributed by atoms with Gasteiger partial charge in [-0.25, -0.2) is 17.2 Å². The van der Waals surface area contributed by atoms with E-state index in [2.05, 4.69) is 4.98 Å². The number of hydrogen-bond donors (Lipinski definition) is 0. The van der Waals surface area contributed by atoms with Crippen molar-refractivity contribution in [3.05, 3.63) is 81.8 Å². The molecule has 3 aliphatic rings. The molecule has 0 radical (unpaired) electrons. The highest BCUT2D eigenvalue weighted by Gasteiger charge is 2.48. The second-order valence-corrected chi connectivity index (χ2v) is 12.9. The number of nitriles is 2. The maximum absolute atomic E-state index is 14.6. The minimum absolute atomic E-state index is 0.0172. The molecule has 42 heavy (non-hydrogen) atoms. The van der Waals surface area contributed by atoms with Crippen molar-refractivity contribution in [3.63, 3.8) is 0 Å². The summed E-state index contributed by atoms with van der Waals surface area (Å²) in [5.74, 6) is -2.69. The third-order valence-electron chi connectivity index (χ3n) is 8.47. The number of sulfonamides is 1. The Hall–Kier alpha value is -3.93. The van der Waals surface area contributed by atoms with Gasteiger partial charge in [-0.2, -0.15) is 14.8 Å².